The van der Waals surface area contributed by atoms with Gasteiger partial charge in [0.1, 0.15) is 0 Å². The molecule has 0 saturated carbocycles. The summed E-state index contributed by atoms with van der Waals surface area (Å²) in [7, 11) is 0. The topological polar surface area (TPSA) is 58.4 Å². The maximum Gasteiger partial charge on any atom is 0.240 e. The van der Waals surface area contributed by atoms with Crippen LogP contribution in [0.5, 0.6) is 0 Å². The zero-order valence-electron chi connectivity index (χ0n) is 17.6. The van der Waals surface area contributed by atoms with Gasteiger partial charge in [-0.25, -0.2) is 0 Å². The Hall–Kier alpha value is -3.63. The SMILES string of the molecule is C[C@H](N)C(=O)Nc1ccc(/C=C/C2C=CN(Cc3ccccc3)c3ccccc32)cc1. The van der Waals surface area contributed by atoms with Gasteiger partial charge in [0.15, 0.2) is 0 Å². The Labute approximate surface area is 183 Å². The van der Waals surface area contributed by atoms with Crippen molar-refractivity contribution in [2.45, 2.75) is 25.4 Å². The molecule has 31 heavy (non-hydrogen) atoms. The van der Waals surface area contributed by atoms with Crippen LogP contribution in [0.1, 0.15) is 29.5 Å². The first kappa shape index (κ1) is 20.6. The van der Waals surface area contributed by atoms with E-state index in [0.717, 1.165) is 17.8 Å². The van der Waals surface area contributed by atoms with Gasteiger partial charge >= 0.3 is 0 Å². The molecular weight excluding hydrogens is 382 g/mol. The molecule has 4 heteroatoms. The monoisotopic (exact) mass is 409 g/mol. The van der Waals surface area contributed by atoms with E-state index in [9.17, 15) is 4.79 Å². The standard InChI is InChI=1S/C27H27N3O/c1-20(28)27(31)29-24-15-12-21(13-16-24)11-14-23-17-18-30(19-22-7-3-2-4-8-22)26-10-6-5-9-25(23)26/h2-18,20,23H,19,28H2,1H3,(H,29,31)/b14-11+/t20-,23?/m0/s1. The number of nitrogens with two attached hydrogens (primary N) is 1. The Morgan fingerprint density at radius 1 is 1.03 bits per heavy atom. The summed E-state index contributed by atoms with van der Waals surface area (Å²) in [6, 6.07) is 26.3. The lowest BCUT2D eigenvalue weighted by atomic mass is 9.92. The van der Waals surface area contributed by atoms with Crippen LogP contribution in [0.25, 0.3) is 6.08 Å². The summed E-state index contributed by atoms with van der Waals surface area (Å²) in [6.07, 6.45) is 8.75. The lowest BCUT2D eigenvalue weighted by Gasteiger charge is -2.29. The van der Waals surface area contributed by atoms with Gasteiger partial charge in [0.25, 0.3) is 0 Å². The fourth-order valence-corrected chi connectivity index (χ4v) is 3.65. The first-order chi connectivity index (χ1) is 15.1. The van der Waals surface area contributed by atoms with Crippen molar-refractivity contribution in [1.82, 2.24) is 0 Å². The number of allylic oxidation sites excluding steroid dienone is 2. The van der Waals surface area contributed by atoms with E-state index < -0.39 is 6.04 Å². The Kier molecular flexibility index (Phi) is 6.29. The molecule has 4 rings (SSSR count). The van der Waals surface area contributed by atoms with Crippen LogP contribution in [0.4, 0.5) is 11.4 Å². The highest BCUT2D eigenvalue weighted by atomic mass is 16.2. The first-order valence-corrected chi connectivity index (χ1v) is 10.5. The molecule has 0 aliphatic carbocycles. The number of hydrogen-bond donors (Lipinski definition) is 2. The molecule has 1 unspecified atom stereocenters. The lowest BCUT2D eigenvalue weighted by molar-refractivity contribution is -0.117. The third kappa shape index (κ3) is 5.11. The summed E-state index contributed by atoms with van der Waals surface area (Å²) in [6.45, 7) is 2.52. The molecule has 1 amide bonds. The Bertz CT molecular complexity index is 1080. The quantitative estimate of drug-likeness (QED) is 0.581. The van der Waals surface area contributed by atoms with E-state index >= 15 is 0 Å². The van der Waals surface area contributed by atoms with Gasteiger partial charge in [-0.3, -0.25) is 4.79 Å². The lowest BCUT2D eigenvalue weighted by Crippen LogP contribution is -2.32. The highest BCUT2D eigenvalue weighted by Crippen LogP contribution is 2.35. The van der Waals surface area contributed by atoms with E-state index in [2.05, 4.69) is 83.2 Å². The number of nitrogens with zero attached hydrogens (tertiary/aromatic N) is 1. The third-order valence-corrected chi connectivity index (χ3v) is 5.36. The largest absolute Gasteiger partial charge is 0.344 e. The van der Waals surface area contributed by atoms with E-state index in [1.165, 1.54) is 16.8 Å². The van der Waals surface area contributed by atoms with E-state index in [4.69, 9.17) is 5.73 Å². The molecule has 0 aromatic heterocycles. The zero-order valence-corrected chi connectivity index (χ0v) is 17.6. The predicted molar refractivity (Wildman–Crippen MR) is 129 cm³/mol. The van der Waals surface area contributed by atoms with Crippen LogP contribution < -0.4 is 16.0 Å². The van der Waals surface area contributed by atoms with Crippen LogP contribution in [0, 0.1) is 0 Å². The molecule has 0 radical (unpaired) electrons. The Morgan fingerprint density at radius 3 is 2.48 bits per heavy atom. The molecule has 3 aromatic rings. The number of benzene rings is 3. The van der Waals surface area contributed by atoms with Crippen LogP contribution in [-0.2, 0) is 11.3 Å². The normalized spacial score (nSPS) is 16.2. The predicted octanol–water partition coefficient (Wildman–Crippen LogP) is 5.30. The Balaban J connectivity index is 1.48. The van der Waals surface area contributed by atoms with Gasteiger partial charge < -0.3 is 16.0 Å². The molecule has 3 N–H and O–H groups in total. The number of amides is 1. The second-order valence-corrected chi connectivity index (χ2v) is 7.80. The molecule has 156 valence electrons. The van der Waals surface area contributed by atoms with Crippen molar-refractivity contribution in [3.8, 4) is 0 Å². The molecule has 3 aromatic carbocycles. The number of hydrogen-bond acceptors (Lipinski definition) is 3. The Morgan fingerprint density at radius 2 is 1.74 bits per heavy atom. The van der Waals surface area contributed by atoms with Crippen LogP contribution in [-0.4, -0.2) is 11.9 Å². The number of nitrogens with one attached hydrogen (secondary N) is 1. The van der Waals surface area contributed by atoms with Crippen molar-refractivity contribution in [2.24, 2.45) is 5.73 Å². The highest BCUT2D eigenvalue weighted by Gasteiger charge is 2.18. The maximum atomic E-state index is 11.7. The number of anilines is 2. The number of carbonyl (C=O) groups excluding carboxylic acids is 1. The molecule has 1 aliphatic heterocycles. The minimum atomic E-state index is -0.529. The van der Waals surface area contributed by atoms with Gasteiger partial charge in [0, 0.05) is 30.0 Å². The maximum absolute atomic E-state index is 11.7. The third-order valence-electron chi connectivity index (χ3n) is 5.36. The minimum Gasteiger partial charge on any atom is -0.344 e. The molecule has 0 saturated heterocycles. The van der Waals surface area contributed by atoms with Crippen molar-refractivity contribution in [1.29, 1.82) is 0 Å². The smallest absolute Gasteiger partial charge is 0.240 e. The van der Waals surface area contributed by atoms with Gasteiger partial charge in [0.2, 0.25) is 5.91 Å². The number of rotatable bonds is 6. The summed E-state index contributed by atoms with van der Waals surface area (Å²) in [5, 5.41) is 2.81. The minimum absolute atomic E-state index is 0.188. The average Bonchev–Trinajstić information content (AvgIpc) is 2.80. The molecule has 0 bridgehead atoms. The van der Waals surface area contributed by atoms with Gasteiger partial charge in [-0.1, -0.05) is 78.9 Å². The molecule has 0 spiro atoms. The molecule has 1 aliphatic rings. The van der Waals surface area contributed by atoms with Gasteiger partial charge in [-0.2, -0.15) is 0 Å². The summed E-state index contributed by atoms with van der Waals surface area (Å²) in [5.41, 5.74) is 11.2. The number of para-hydroxylation sites is 1. The first-order valence-electron chi connectivity index (χ1n) is 10.5. The van der Waals surface area contributed by atoms with Gasteiger partial charge in [0.05, 0.1) is 6.04 Å². The number of fused-ring (bicyclic) bond motifs is 1. The summed E-state index contributed by atoms with van der Waals surface area (Å²) < 4.78 is 0. The zero-order chi connectivity index (χ0) is 21.6. The van der Waals surface area contributed by atoms with Crippen molar-refractivity contribution in [3.63, 3.8) is 0 Å². The second kappa shape index (κ2) is 9.45. The highest BCUT2D eigenvalue weighted by molar-refractivity contribution is 5.94. The van der Waals surface area contributed by atoms with Crippen LogP contribution in [0.2, 0.25) is 0 Å². The van der Waals surface area contributed by atoms with Crippen molar-refractivity contribution in [2.75, 3.05) is 10.2 Å². The summed E-state index contributed by atoms with van der Waals surface area (Å²) in [5.74, 6) is 0.0213. The van der Waals surface area contributed by atoms with Gasteiger partial charge in [-0.15, -0.1) is 0 Å². The van der Waals surface area contributed by atoms with E-state index in [-0.39, 0.29) is 11.8 Å². The van der Waals surface area contributed by atoms with E-state index in [1.54, 1.807) is 6.92 Å². The van der Waals surface area contributed by atoms with Crippen LogP contribution in [0.15, 0.2) is 97.2 Å². The average molecular weight is 410 g/mol. The fraction of sp³-hybridized carbons (Fsp3) is 0.148. The molecule has 1 heterocycles. The van der Waals surface area contributed by atoms with Crippen molar-refractivity contribution >= 4 is 23.4 Å². The van der Waals surface area contributed by atoms with Crippen molar-refractivity contribution < 1.29 is 4.79 Å². The van der Waals surface area contributed by atoms with E-state index in [1.807, 2.05) is 30.3 Å². The van der Waals surface area contributed by atoms with Crippen LogP contribution in [0.3, 0.4) is 0 Å². The van der Waals surface area contributed by atoms with Crippen molar-refractivity contribution in [3.05, 3.63) is 114 Å². The fourth-order valence-electron chi connectivity index (χ4n) is 3.65. The van der Waals surface area contributed by atoms with Crippen LogP contribution >= 0.6 is 0 Å². The second-order valence-electron chi connectivity index (χ2n) is 7.80. The molecule has 4 nitrogen and oxygen atoms in total. The molecule has 0 fully saturated rings. The number of carbonyl (C=O) groups is 1. The van der Waals surface area contributed by atoms with Gasteiger partial charge in [-0.05, 0) is 41.8 Å². The molecule has 2 atom stereocenters. The molecular formula is C27H27N3O. The summed E-state index contributed by atoms with van der Waals surface area (Å²) >= 11 is 0. The summed E-state index contributed by atoms with van der Waals surface area (Å²) in [4.78, 5) is 14.0. The van der Waals surface area contributed by atoms with E-state index in [0.29, 0.717) is 0 Å².